The minimum atomic E-state index is -0.758. The molecule has 2 aliphatic rings. The summed E-state index contributed by atoms with van der Waals surface area (Å²) in [7, 11) is 0. The van der Waals surface area contributed by atoms with Gasteiger partial charge < -0.3 is 19.3 Å². The highest BCUT2D eigenvalue weighted by Gasteiger charge is 2.33. The lowest BCUT2D eigenvalue weighted by Crippen LogP contribution is -2.47. The van der Waals surface area contributed by atoms with Gasteiger partial charge in [0.2, 0.25) is 0 Å². The Labute approximate surface area is 198 Å². The molecule has 6 nitrogen and oxygen atoms in total. The number of hydrogen-bond donors (Lipinski definition) is 1. The molecule has 0 spiro atoms. The van der Waals surface area contributed by atoms with E-state index < -0.39 is 5.60 Å². The molecule has 0 aliphatic carbocycles. The topological polar surface area (TPSA) is 54.4 Å². The lowest BCUT2D eigenvalue weighted by molar-refractivity contribution is -0.0538. The fourth-order valence-electron chi connectivity index (χ4n) is 4.51. The van der Waals surface area contributed by atoms with Crippen molar-refractivity contribution >= 4 is 0 Å². The number of benzene rings is 2. The Morgan fingerprint density at radius 1 is 0.909 bits per heavy atom. The van der Waals surface area contributed by atoms with Crippen LogP contribution in [0, 0.1) is 13.8 Å². The van der Waals surface area contributed by atoms with Gasteiger partial charge in [0.25, 0.3) is 0 Å². The fraction of sp³-hybridized carbons (Fsp3) is 0.556. The summed E-state index contributed by atoms with van der Waals surface area (Å²) in [5.74, 6) is 1.78. The summed E-state index contributed by atoms with van der Waals surface area (Å²) in [4.78, 5) is 4.78. The number of rotatable bonds is 9. The van der Waals surface area contributed by atoms with Crippen molar-refractivity contribution in [1.82, 2.24) is 9.80 Å². The number of morpholine rings is 1. The monoisotopic (exact) mass is 454 g/mol. The molecule has 2 aromatic carbocycles. The summed E-state index contributed by atoms with van der Waals surface area (Å²) in [6, 6.07) is 14.6. The van der Waals surface area contributed by atoms with Crippen molar-refractivity contribution in [2.24, 2.45) is 0 Å². The molecule has 2 fully saturated rings. The van der Waals surface area contributed by atoms with Gasteiger partial charge in [-0.3, -0.25) is 9.80 Å². The van der Waals surface area contributed by atoms with Crippen molar-refractivity contribution < 1.29 is 19.3 Å². The van der Waals surface area contributed by atoms with Crippen molar-refractivity contribution in [3.05, 3.63) is 59.2 Å². The highest BCUT2D eigenvalue weighted by atomic mass is 16.5. The van der Waals surface area contributed by atoms with Crippen LogP contribution in [0.2, 0.25) is 0 Å². The fourth-order valence-corrected chi connectivity index (χ4v) is 4.51. The molecule has 0 saturated carbocycles. The smallest absolute Gasteiger partial charge is 0.122 e. The van der Waals surface area contributed by atoms with Crippen molar-refractivity contribution in [1.29, 1.82) is 0 Å². The Morgan fingerprint density at radius 3 is 2.33 bits per heavy atom. The number of hydrogen-bond acceptors (Lipinski definition) is 6. The number of piperidine rings is 1. The number of nitrogens with zero attached hydrogens (tertiary/aromatic N) is 2. The standard InChI is InChI=1S/C27H38N2O4/c1-22-3-8-26(23(2)19-22)33-21-27(30)9-11-29(12-10-27)20-24-4-6-25(7-5-24)32-18-15-28-13-16-31-17-14-28/h3-8,19,30H,9-18,20-21H2,1-2H3. The first kappa shape index (κ1) is 24.0. The van der Waals surface area contributed by atoms with E-state index in [0.717, 1.165) is 82.4 Å². The predicted molar refractivity (Wildman–Crippen MR) is 130 cm³/mol. The maximum Gasteiger partial charge on any atom is 0.122 e. The van der Waals surface area contributed by atoms with E-state index in [1.54, 1.807) is 0 Å². The average molecular weight is 455 g/mol. The second-order valence-electron chi connectivity index (χ2n) is 9.50. The van der Waals surface area contributed by atoms with E-state index in [1.807, 2.05) is 6.07 Å². The SMILES string of the molecule is Cc1ccc(OCC2(O)CCN(Cc3ccc(OCCN4CCOCC4)cc3)CC2)c(C)c1. The van der Waals surface area contributed by atoms with Crippen LogP contribution in [0.4, 0.5) is 0 Å². The maximum absolute atomic E-state index is 11.0. The molecule has 2 saturated heterocycles. The first-order valence-corrected chi connectivity index (χ1v) is 12.2. The van der Waals surface area contributed by atoms with Crippen molar-refractivity contribution in [3.63, 3.8) is 0 Å². The number of likely N-dealkylation sites (tertiary alicyclic amines) is 1. The predicted octanol–water partition coefficient (Wildman–Crippen LogP) is 3.42. The van der Waals surface area contributed by atoms with E-state index >= 15 is 0 Å². The molecule has 0 radical (unpaired) electrons. The van der Waals surface area contributed by atoms with Crippen LogP contribution in [0.15, 0.2) is 42.5 Å². The summed E-state index contributed by atoms with van der Waals surface area (Å²) in [5, 5.41) is 11.0. The number of aliphatic hydroxyl groups is 1. The molecular weight excluding hydrogens is 416 g/mol. The van der Waals surface area contributed by atoms with E-state index in [0.29, 0.717) is 13.2 Å². The number of aryl methyl sites for hydroxylation is 2. The molecule has 0 amide bonds. The molecule has 0 bridgehead atoms. The van der Waals surface area contributed by atoms with Gasteiger partial charge in [0.15, 0.2) is 0 Å². The van der Waals surface area contributed by atoms with Gasteiger partial charge in [0.1, 0.15) is 30.3 Å². The lowest BCUT2D eigenvalue weighted by Gasteiger charge is -2.38. The zero-order valence-electron chi connectivity index (χ0n) is 20.1. The van der Waals surface area contributed by atoms with Crippen LogP contribution in [-0.2, 0) is 11.3 Å². The zero-order chi connectivity index (χ0) is 23.1. The van der Waals surface area contributed by atoms with Crippen molar-refractivity contribution in [3.8, 4) is 11.5 Å². The molecule has 180 valence electrons. The molecule has 33 heavy (non-hydrogen) atoms. The Hall–Kier alpha value is -2.12. The first-order chi connectivity index (χ1) is 16.0. The average Bonchev–Trinajstić information content (AvgIpc) is 2.82. The van der Waals surface area contributed by atoms with E-state index in [-0.39, 0.29) is 0 Å². The van der Waals surface area contributed by atoms with Gasteiger partial charge in [-0.1, -0.05) is 29.8 Å². The zero-order valence-corrected chi connectivity index (χ0v) is 20.1. The third kappa shape index (κ3) is 7.18. The molecule has 2 aliphatic heterocycles. The van der Waals surface area contributed by atoms with Gasteiger partial charge in [-0.05, 0) is 56.0 Å². The van der Waals surface area contributed by atoms with Crippen molar-refractivity contribution in [2.45, 2.75) is 38.8 Å². The normalized spacial score (nSPS) is 19.4. The van der Waals surface area contributed by atoms with Crippen LogP contribution in [-0.4, -0.2) is 79.7 Å². The summed E-state index contributed by atoms with van der Waals surface area (Å²) in [6.07, 6.45) is 1.45. The minimum Gasteiger partial charge on any atom is -0.492 e. The minimum absolute atomic E-state index is 0.348. The molecule has 6 heteroatoms. The molecule has 1 N–H and O–H groups in total. The first-order valence-electron chi connectivity index (χ1n) is 12.2. The van der Waals surface area contributed by atoms with Gasteiger partial charge in [-0.2, -0.15) is 0 Å². The molecule has 2 heterocycles. The van der Waals surface area contributed by atoms with E-state index in [9.17, 15) is 5.11 Å². The van der Waals surface area contributed by atoms with Crippen LogP contribution >= 0.6 is 0 Å². The Kier molecular flexibility index (Phi) is 8.25. The highest BCUT2D eigenvalue weighted by Crippen LogP contribution is 2.26. The molecule has 0 unspecified atom stereocenters. The summed E-state index contributed by atoms with van der Waals surface area (Å²) in [5.41, 5.74) is 2.85. The molecule has 2 aromatic rings. The maximum atomic E-state index is 11.0. The van der Waals surface area contributed by atoms with Crippen molar-refractivity contribution in [2.75, 3.05) is 59.2 Å². The van der Waals surface area contributed by atoms with Crippen LogP contribution < -0.4 is 9.47 Å². The molecule has 4 rings (SSSR count). The third-order valence-electron chi connectivity index (χ3n) is 6.72. The highest BCUT2D eigenvalue weighted by molar-refractivity contribution is 5.35. The third-order valence-corrected chi connectivity index (χ3v) is 6.72. The quantitative estimate of drug-likeness (QED) is 0.627. The lowest BCUT2D eigenvalue weighted by atomic mass is 9.92. The van der Waals surface area contributed by atoms with Crippen LogP contribution in [0.25, 0.3) is 0 Å². The van der Waals surface area contributed by atoms with E-state index in [1.165, 1.54) is 11.1 Å². The van der Waals surface area contributed by atoms with Crippen LogP contribution in [0.1, 0.15) is 29.5 Å². The molecule has 0 atom stereocenters. The number of ether oxygens (including phenoxy) is 3. The van der Waals surface area contributed by atoms with Crippen LogP contribution in [0.5, 0.6) is 11.5 Å². The summed E-state index contributed by atoms with van der Waals surface area (Å²) < 4.78 is 17.3. The van der Waals surface area contributed by atoms with Crippen LogP contribution in [0.3, 0.4) is 0 Å². The van der Waals surface area contributed by atoms with Gasteiger partial charge in [-0.15, -0.1) is 0 Å². The summed E-state index contributed by atoms with van der Waals surface area (Å²) >= 11 is 0. The van der Waals surface area contributed by atoms with Gasteiger partial charge in [0.05, 0.1) is 13.2 Å². The van der Waals surface area contributed by atoms with Gasteiger partial charge in [-0.25, -0.2) is 0 Å². The Balaban J connectivity index is 1.17. The van der Waals surface area contributed by atoms with Gasteiger partial charge >= 0.3 is 0 Å². The molecule has 0 aromatic heterocycles. The Morgan fingerprint density at radius 2 is 1.64 bits per heavy atom. The Bertz CT molecular complexity index is 872. The largest absolute Gasteiger partial charge is 0.492 e. The summed E-state index contributed by atoms with van der Waals surface area (Å²) in [6.45, 7) is 12.4. The van der Waals surface area contributed by atoms with E-state index in [4.69, 9.17) is 14.2 Å². The second-order valence-corrected chi connectivity index (χ2v) is 9.50. The van der Waals surface area contributed by atoms with Gasteiger partial charge in [0, 0.05) is 39.3 Å². The van der Waals surface area contributed by atoms with E-state index in [2.05, 4.69) is 60.0 Å². The molecular formula is C27H38N2O4. The second kappa shape index (κ2) is 11.3.